The molecule has 0 saturated heterocycles. The third kappa shape index (κ3) is 4.78. The van der Waals surface area contributed by atoms with Gasteiger partial charge in [0.05, 0.1) is 0 Å². The molecule has 0 fully saturated rings. The van der Waals surface area contributed by atoms with Gasteiger partial charge in [-0.05, 0) is 31.0 Å². The van der Waals surface area contributed by atoms with Crippen molar-refractivity contribution in [3.05, 3.63) is 23.4 Å². The van der Waals surface area contributed by atoms with Crippen LogP contribution < -0.4 is 10.5 Å². The van der Waals surface area contributed by atoms with E-state index in [4.69, 9.17) is 8.42 Å². The van der Waals surface area contributed by atoms with E-state index in [9.17, 15) is 0 Å². The standard InChI is InChI=1S/C8H12N2.H3NO2S/c1-6-4-5-10-8(9-3)7(6)2;1-4(2)3/h4-5H,1-3H3,(H,9,10);4H,(H2,1,2,3). The average molecular weight is 217 g/mol. The molecule has 0 aliphatic rings. The van der Waals surface area contributed by atoms with Crippen molar-refractivity contribution in [3.63, 3.8) is 0 Å². The molecule has 0 amide bonds. The average Bonchev–Trinajstić information content (AvgIpc) is 2.09. The Labute approximate surface area is 85.4 Å². The van der Waals surface area contributed by atoms with Crippen molar-refractivity contribution < 1.29 is 8.42 Å². The molecular weight excluding hydrogens is 202 g/mol. The molecule has 0 radical (unpaired) electrons. The molecule has 0 aromatic carbocycles. The Morgan fingerprint density at radius 3 is 2.29 bits per heavy atom. The summed E-state index contributed by atoms with van der Waals surface area (Å²) in [5.41, 5.74) is 2.50. The Morgan fingerprint density at radius 1 is 1.43 bits per heavy atom. The van der Waals surface area contributed by atoms with Crippen LogP contribution in [0.2, 0.25) is 0 Å². The lowest BCUT2D eigenvalue weighted by molar-refractivity contribution is 0.616. The molecule has 1 aromatic heterocycles. The smallest absolute Gasteiger partial charge is 0.198 e. The summed E-state index contributed by atoms with van der Waals surface area (Å²) in [7, 11) is -0.737. The van der Waals surface area contributed by atoms with Gasteiger partial charge in [-0.2, -0.15) is 0 Å². The van der Waals surface area contributed by atoms with Crippen molar-refractivity contribution in [2.45, 2.75) is 13.8 Å². The van der Waals surface area contributed by atoms with Gasteiger partial charge in [0.2, 0.25) is 0 Å². The number of rotatable bonds is 1. The zero-order valence-electron chi connectivity index (χ0n) is 8.44. The number of thiol groups is 1. The molecule has 3 N–H and O–H groups in total. The SMILES string of the molecule is CNc1nccc(C)c1C.N[SH](=O)=O. The predicted molar refractivity (Wildman–Crippen MR) is 57.8 cm³/mol. The summed E-state index contributed by atoms with van der Waals surface area (Å²) in [4.78, 5) is 4.15. The number of anilines is 1. The highest BCUT2D eigenvalue weighted by Gasteiger charge is 1.97. The summed E-state index contributed by atoms with van der Waals surface area (Å²) in [5, 5.41) is 7.09. The predicted octanol–water partition coefficient (Wildman–Crippen LogP) is 0.212. The van der Waals surface area contributed by atoms with Gasteiger partial charge in [0, 0.05) is 13.2 Å². The lowest BCUT2D eigenvalue weighted by Crippen LogP contribution is -1.96. The van der Waals surface area contributed by atoms with E-state index in [2.05, 4.69) is 29.3 Å². The largest absolute Gasteiger partial charge is 0.373 e. The number of nitrogens with two attached hydrogens (primary N) is 1. The minimum absolute atomic E-state index is 0.972. The molecule has 0 saturated carbocycles. The van der Waals surface area contributed by atoms with Gasteiger partial charge >= 0.3 is 0 Å². The molecule has 14 heavy (non-hydrogen) atoms. The molecule has 0 unspecified atom stereocenters. The number of aryl methyl sites for hydroxylation is 1. The van der Waals surface area contributed by atoms with E-state index in [1.54, 1.807) is 0 Å². The maximum atomic E-state index is 8.81. The number of aromatic nitrogens is 1. The summed E-state index contributed by atoms with van der Waals surface area (Å²) >= 11 is 0. The van der Waals surface area contributed by atoms with Crippen LogP contribution in [0.5, 0.6) is 0 Å². The fraction of sp³-hybridized carbons (Fsp3) is 0.375. The van der Waals surface area contributed by atoms with Crippen molar-refractivity contribution in [2.75, 3.05) is 12.4 Å². The van der Waals surface area contributed by atoms with Crippen LogP contribution >= 0.6 is 0 Å². The van der Waals surface area contributed by atoms with E-state index in [-0.39, 0.29) is 0 Å². The quantitative estimate of drug-likeness (QED) is 0.587. The maximum absolute atomic E-state index is 8.81. The number of pyridine rings is 1. The minimum Gasteiger partial charge on any atom is -0.373 e. The topological polar surface area (TPSA) is 85.1 Å². The lowest BCUT2D eigenvalue weighted by Gasteiger charge is -2.04. The van der Waals surface area contributed by atoms with Gasteiger partial charge in [-0.3, -0.25) is 0 Å². The van der Waals surface area contributed by atoms with Crippen molar-refractivity contribution >= 4 is 16.7 Å². The second-order valence-electron chi connectivity index (χ2n) is 2.64. The van der Waals surface area contributed by atoms with Gasteiger partial charge < -0.3 is 5.32 Å². The molecule has 6 heteroatoms. The lowest BCUT2D eigenvalue weighted by atomic mass is 10.2. The Kier molecular flexibility index (Phi) is 5.82. The van der Waals surface area contributed by atoms with Gasteiger partial charge in [0.1, 0.15) is 5.82 Å². The summed E-state index contributed by atoms with van der Waals surface area (Å²) in [6.45, 7) is 4.14. The molecule has 0 atom stereocenters. The van der Waals surface area contributed by atoms with E-state index in [0.29, 0.717) is 0 Å². The molecule has 1 heterocycles. The summed E-state index contributed by atoms with van der Waals surface area (Å²) in [6, 6.07) is 2.01. The summed E-state index contributed by atoms with van der Waals surface area (Å²) < 4.78 is 17.6. The fourth-order valence-corrected chi connectivity index (χ4v) is 0.884. The van der Waals surface area contributed by atoms with Gasteiger partial charge in [0.25, 0.3) is 0 Å². The third-order valence-corrected chi connectivity index (χ3v) is 1.71. The Hall–Kier alpha value is -1.14. The molecule has 5 nitrogen and oxygen atoms in total. The van der Waals surface area contributed by atoms with Crippen LogP contribution in [0.4, 0.5) is 5.82 Å². The number of nitrogens with zero attached hydrogens (tertiary/aromatic N) is 1. The molecular formula is C8H15N3O2S. The van der Waals surface area contributed by atoms with Crippen LogP contribution in [0.1, 0.15) is 11.1 Å². The highest BCUT2D eigenvalue weighted by Crippen LogP contribution is 2.12. The Balaban J connectivity index is 0.000000364. The van der Waals surface area contributed by atoms with E-state index < -0.39 is 10.9 Å². The van der Waals surface area contributed by atoms with Crippen LogP contribution in [-0.2, 0) is 10.9 Å². The first-order chi connectivity index (χ1) is 6.49. The Bertz CT molecular complexity index is 356. The van der Waals surface area contributed by atoms with Crippen molar-refractivity contribution in [1.29, 1.82) is 0 Å². The van der Waals surface area contributed by atoms with E-state index in [1.165, 1.54) is 11.1 Å². The second-order valence-corrected chi connectivity index (χ2v) is 3.21. The first-order valence-electron chi connectivity index (χ1n) is 3.98. The van der Waals surface area contributed by atoms with E-state index in [1.807, 2.05) is 19.3 Å². The van der Waals surface area contributed by atoms with Gasteiger partial charge in [-0.1, -0.05) is 0 Å². The molecule has 0 bridgehead atoms. The zero-order chi connectivity index (χ0) is 11.1. The van der Waals surface area contributed by atoms with E-state index in [0.717, 1.165) is 5.82 Å². The molecule has 0 spiro atoms. The highest BCUT2D eigenvalue weighted by atomic mass is 32.2. The number of hydrogen-bond acceptors (Lipinski definition) is 4. The normalized spacial score (nSPS) is 9.21. The molecule has 0 aliphatic carbocycles. The summed E-state index contributed by atoms with van der Waals surface area (Å²) in [6.07, 6.45) is 1.81. The van der Waals surface area contributed by atoms with E-state index >= 15 is 0 Å². The third-order valence-electron chi connectivity index (χ3n) is 1.71. The highest BCUT2D eigenvalue weighted by molar-refractivity contribution is 7.69. The number of hydrogen-bond donors (Lipinski definition) is 3. The Morgan fingerprint density at radius 2 is 1.93 bits per heavy atom. The van der Waals surface area contributed by atoms with Crippen LogP contribution in [-0.4, -0.2) is 20.4 Å². The molecule has 1 rings (SSSR count). The van der Waals surface area contributed by atoms with Gasteiger partial charge in [0.15, 0.2) is 10.9 Å². The fourth-order valence-electron chi connectivity index (χ4n) is 0.884. The minimum atomic E-state index is -2.62. The molecule has 1 aromatic rings. The van der Waals surface area contributed by atoms with Crippen molar-refractivity contribution in [2.24, 2.45) is 5.14 Å². The molecule has 80 valence electrons. The summed E-state index contributed by atoms with van der Waals surface area (Å²) in [5.74, 6) is 0.972. The van der Waals surface area contributed by atoms with Crippen LogP contribution in [0, 0.1) is 13.8 Å². The van der Waals surface area contributed by atoms with Crippen LogP contribution in [0.15, 0.2) is 12.3 Å². The monoisotopic (exact) mass is 217 g/mol. The maximum Gasteiger partial charge on any atom is 0.198 e. The van der Waals surface area contributed by atoms with Crippen molar-refractivity contribution in [1.82, 2.24) is 4.98 Å². The van der Waals surface area contributed by atoms with Crippen LogP contribution in [0.3, 0.4) is 0 Å². The van der Waals surface area contributed by atoms with Crippen molar-refractivity contribution in [3.8, 4) is 0 Å². The zero-order valence-corrected chi connectivity index (χ0v) is 9.34. The van der Waals surface area contributed by atoms with Gasteiger partial charge in [-0.15, -0.1) is 0 Å². The second kappa shape index (κ2) is 6.33. The first-order valence-corrected chi connectivity index (χ1v) is 5.22. The first kappa shape index (κ1) is 12.9. The molecule has 0 aliphatic heterocycles. The van der Waals surface area contributed by atoms with Gasteiger partial charge in [-0.25, -0.2) is 18.5 Å². The van der Waals surface area contributed by atoms with Crippen LogP contribution in [0.25, 0.3) is 0 Å². The number of nitrogens with one attached hydrogen (secondary N) is 1.